The summed E-state index contributed by atoms with van der Waals surface area (Å²) in [6.07, 6.45) is 1.50. The zero-order chi connectivity index (χ0) is 14.5. The highest BCUT2D eigenvalue weighted by Gasteiger charge is 2.28. The number of ether oxygens (including phenoxy) is 1. The van der Waals surface area contributed by atoms with Gasteiger partial charge in [-0.15, -0.1) is 12.4 Å². The molecule has 3 atom stereocenters. The first-order valence-electron chi connectivity index (χ1n) is 7.26. The molecule has 0 aliphatic carbocycles. The van der Waals surface area contributed by atoms with Crippen LogP contribution in [0.5, 0.6) is 5.75 Å². The molecule has 1 fully saturated rings. The molecule has 1 aliphatic rings. The third-order valence-corrected chi connectivity index (χ3v) is 4.04. The zero-order valence-electron chi connectivity index (χ0n) is 12.9. The van der Waals surface area contributed by atoms with Gasteiger partial charge in [0.1, 0.15) is 5.75 Å². The molecule has 1 saturated heterocycles. The number of carbonyl (C=O) groups is 1. The summed E-state index contributed by atoms with van der Waals surface area (Å²) in [5.74, 6) is 1.38. The number of amides is 1. The molecular weight excluding hydrogens is 288 g/mol. The van der Waals surface area contributed by atoms with Gasteiger partial charge in [0.05, 0.1) is 13.5 Å². The van der Waals surface area contributed by atoms with Gasteiger partial charge < -0.3 is 15.4 Å². The number of carbonyl (C=O) groups excluding carboxylic acids is 1. The molecule has 0 saturated carbocycles. The number of methoxy groups -OCH3 is 1. The van der Waals surface area contributed by atoms with Crippen LogP contribution in [0.25, 0.3) is 0 Å². The SMILES string of the molecule is COc1cccc(CC(=O)NC2C(C)CCNC2C)c1.Cl. The average molecular weight is 313 g/mol. The average Bonchev–Trinajstić information content (AvgIpc) is 2.43. The van der Waals surface area contributed by atoms with Crippen molar-refractivity contribution in [2.24, 2.45) is 5.92 Å². The minimum atomic E-state index is 0. The summed E-state index contributed by atoms with van der Waals surface area (Å²) in [7, 11) is 1.64. The van der Waals surface area contributed by atoms with Crippen LogP contribution < -0.4 is 15.4 Å². The topological polar surface area (TPSA) is 50.4 Å². The van der Waals surface area contributed by atoms with E-state index in [0.717, 1.165) is 24.3 Å². The second kappa shape index (κ2) is 8.25. The lowest BCUT2D eigenvalue weighted by molar-refractivity contribution is -0.121. The van der Waals surface area contributed by atoms with Gasteiger partial charge in [-0.25, -0.2) is 0 Å². The van der Waals surface area contributed by atoms with Gasteiger partial charge in [0.25, 0.3) is 0 Å². The van der Waals surface area contributed by atoms with Crippen LogP contribution in [0, 0.1) is 5.92 Å². The fraction of sp³-hybridized carbons (Fsp3) is 0.562. The van der Waals surface area contributed by atoms with Crippen LogP contribution >= 0.6 is 12.4 Å². The van der Waals surface area contributed by atoms with Gasteiger partial charge in [-0.2, -0.15) is 0 Å². The van der Waals surface area contributed by atoms with Gasteiger partial charge in [-0.1, -0.05) is 19.1 Å². The summed E-state index contributed by atoms with van der Waals surface area (Å²) in [4.78, 5) is 12.2. The Balaban J connectivity index is 0.00000220. The molecule has 0 radical (unpaired) electrons. The Kier molecular flexibility index (Phi) is 6.99. The summed E-state index contributed by atoms with van der Waals surface area (Å²) < 4.78 is 5.18. The summed E-state index contributed by atoms with van der Waals surface area (Å²) in [5, 5.41) is 6.58. The molecule has 1 heterocycles. The molecule has 1 amide bonds. The van der Waals surface area contributed by atoms with Crippen molar-refractivity contribution in [3.63, 3.8) is 0 Å². The number of nitrogens with one attached hydrogen (secondary N) is 2. The van der Waals surface area contributed by atoms with Gasteiger partial charge in [0.15, 0.2) is 0 Å². The zero-order valence-corrected chi connectivity index (χ0v) is 13.7. The lowest BCUT2D eigenvalue weighted by atomic mass is 9.89. The second-order valence-corrected chi connectivity index (χ2v) is 5.63. The second-order valence-electron chi connectivity index (χ2n) is 5.63. The molecule has 1 aliphatic heterocycles. The lowest BCUT2D eigenvalue weighted by Gasteiger charge is -2.36. The standard InChI is InChI=1S/C16H24N2O2.ClH/c1-11-7-8-17-12(2)16(11)18-15(19)10-13-5-4-6-14(9-13)20-3;/h4-6,9,11-12,16-17H,7-8,10H2,1-3H3,(H,18,19);1H. The van der Waals surface area contributed by atoms with Crippen molar-refractivity contribution in [3.05, 3.63) is 29.8 Å². The van der Waals surface area contributed by atoms with Crippen molar-refractivity contribution in [2.75, 3.05) is 13.7 Å². The molecule has 0 aromatic heterocycles. The summed E-state index contributed by atoms with van der Waals surface area (Å²) >= 11 is 0. The van der Waals surface area contributed by atoms with Gasteiger partial charge in [0, 0.05) is 12.1 Å². The molecule has 5 heteroatoms. The van der Waals surface area contributed by atoms with Crippen molar-refractivity contribution < 1.29 is 9.53 Å². The first-order chi connectivity index (χ1) is 9.60. The molecule has 21 heavy (non-hydrogen) atoms. The molecule has 2 N–H and O–H groups in total. The molecular formula is C16H25ClN2O2. The van der Waals surface area contributed by atoms with E-state index in [9.17, 15) is 4.79 Å². The lowest BCUT2D eigenvalue weighted by Crippen LogP contribution is -2.56. The van der Waals surface area contributed by atoms with Crippen molar-refractivity contribution in [3.8, 4) is 5.75 Å². The number of benzene rings is 1. The van der Waals surface area contributed by atoms with E-state index in [1.807, 2.05) is 24.3 Å². The van der Waals surface area contributed by atoms with Crippen LogP contribution in [-0.2, 0) is 11.2 Å². The molecule has 1 aromatic carbocycles. The van der Waals surface area contributed by atoms with Gasteiger partial charge in [-0.3, -0.25) is 4.79 Å². The van der Waals surface area contributed by atoms with Crippen LogP contribution in [0.15, 0.2) is 24.3 Å². The van der Waals surface area contributed by atoms with Gasteiger partial charge in [-0.05, 0) is 43.5 Å². The first kappa shape index (κ1) is 17.8. The van der Waals surface area contributed by atoms with Crippen LogP contribution in [0.3, 0.4) is 0 Å². The number of hydrogen-bond donors (Lipinski definition) is 2. The third-order valence-electron chi connectivity index (χ3n) is 4.04. The molecule has 0 bridgehead atoms. The maximum Gasteiger partial charge on any atom is 0.224 e. The molecule has 3 unspecified atom stereocenters. The quantitative estimate of drug-likeness (QED) is 0.896. The molecule has 2 rings (SSSR count). The Morgan fingerprint density at radius 1 is 1.43 bits per heavy atom. The van der Waals surface area contributed by atoms with E-state index in [4.69, 9.17) is 4.74 Å². The van der Waals surface area contributed by atoms with Crippen molar-refractivity contribution in [1.82, 2.24) is 10.6 Å². The van der Waals surface area contributed by atoms with E-state index in [-0.39, 0.29) is 24.4 Å². The maximum absolute atomic E-state index is 12.2. The Morgan fingerprint density at radius 3 is 2.86 bits per heavy atom. The van der Waals surface area contributed by atoms with E-state index in [2.05, 4.69) is 24.5 Å². The highest BCUT2D eigenvalue weighted by atomic mass is 35.5. The van der Waals surface area contributed by atoms with E-state index < -0.39 is 0 Å². The fourth-order valence-corrected chi connectivity index (χ4v) is 2.81. The first-order valence-corrected chi connectivity index (χ1v) is 7.26. The number of halogens is 1. The van der Waals surface area contributed by atoms with E-state index >= 15 is 0 Å². The predicted molar refractivity (Wildman–Crippen MR) is 87.1 cm³/mol. The molecule has 0 spiro atoms. The van der Waals surface area contributed by atoms with Crippen LogP contribution in [0.1, 0.15) is 25.8 Å². The Bertz CT molecular complexity index is 457. The normalized spacial score (nSPS) is 24.8. The number of piperidine rings is 1. The maximum atomic E-state index is 12.2. The van der Waals surface area contributed by atoms with Gasteiger partial charge in [0.2, 0.25) is 5.91 Å². The molecule has 118 valence electrons. The minimum absolute atomic E-state index is 0. The van der Waals surface area contributed by atoms with Crippen molar-refractivity contribution >= 4 is 18.3 Å². The highest BCUT2D eigenvalue weighted by molar-refractivity contribution is 5.85. The summed E-state index contributed by atoms with van der Waals surface area (Å²) in [6, 6.07) is 8.19. The van der Waals surface area contributed by atoms with Crippen LogP contribution in [0.4, 0.5) is 0 Å². The van der Waals surface area contributed by atoms with Crippen LogP contribution in [-0.4, -0.2) is 31.6 Å². The Hall–Kier alpha value is -1.26. The fourth-order valence-electron chi connectivity index (χ4n) is 2.81. The third kappa shape index (κ3) is 4.90. The van der Waals surface area contributed by atoms with E-state index in [1.165, 1.54) is 0 Å². The molecule has 4 nitrogen and oxygen atoms in total. The summed E-state index contributed by atoms with van der Waals surface area (Å²) in [5.41, 5.74) is 0.978. The van der Waals surface area contributed by atoms with E-state index in [1.54, 1.807) is 7.11 Å². The van der Waals surface area contributed by atoms with Crippen LogP contribution in [0.2, 0.25) is 0 Å². The van der Waals surface area contributed by atoms with Gasteiger partial charge >= 0.3 is 0 Å². The largest absolute Gasteiger partial charge is 0.497 e. The number of hydrogen-bond acceptors (Lipinski definition) is 3. The monoisotopic (exact) mass is 312 g/mol. The Morgan fingerprint density at radius 2 is 2.19 bits per heavy atom. The van der Waals surface area contributed by atoms with Crippen molar-refractivity contribution in [1.29, 1.82) is 0 Å². The number of rotatable bonds is 4. The molecule has 1 aromatic rings. The van der Waals surface area contributed by atoms with E-state index in [0.29, 0.717) is 18.4 Å². The van der Waals surface area contributed by atoms with Crippen molar-refractivity contribution in [2.45, 2.75) is 38.8 Å². The minimum Gasteiger partial charge on any atom is -0.497 e. The smallest absolute Gasteiger partial charge is 0.224 e. The predicted octanol–water partition coefficient (Wildman–Crippen LogP) is 2.16. The highest BCUT2D eigenvalue weighted by Crippen LogP contribution is 2.17. The Labute approximate surface area is 133 Å². The summed E-state index contributed by atoms with van der Waals surface area (Å²) in [6.45, 7) is 5.37.